The molecular formula is C17H21BrN2O. The van der Waals surface area contributed by atoms with Gasteiger partial charge in [-0.05, 0) is 30.0 Å². The fraction of sp³-hybridized carbons (Fsp3) is 0.353. The van der Waals surface area contributed by atoms with E-state index < -0.39 is 0 Å². The van der Waals surface area contributed by atoms with Gasteiger partial charge in [-0.3, -0.25) is 4.79 Å². The van der Waals surface area contributed by atoms with E-state index in [4.69, 9.17) is 5.73 Å². The Bertz CT molecular complexity index is 655. The lowest BCUT2D eigenvalue weighted by atomic mass is 10.0. The van der Waals surface area contributed by atoms with E-state index in [0.29, 0.717) is 11.4 Å². The molecule has 0 aliphatic rings. The zero-order valence-corrected chi connectivity index (χ0v) is 14.0. The zero-order valence-electron chi connectivity index (χ0n) is 12.4. The second-order valence-electron chi connectivity index (χ2n) is 5.42. The summed E-state index contributed by atoms with van der Waals surface area (Å²) in [4.78, 5) is 12.2. The summed E-state index contributed by atoms with van der Waals surface area (Å²) in [6, 6.07) is 9.78. The van der Waals surface area contributed by atoms with Crippen molar-refractivity contribution in [3.8, 4) is 0 Å². The molecule has 0 aliphatic heterocycles. The minimum Gasteiger partial charge on any atom is -0.397 e. The van der Waals surface area contributed by atoms with Crippen LogP contribution in [0.3, 0.4) is 0 Å². The number of halogens is 1. The molecule has 0 bridgehead atoms. The van der Waals surface area contributed by atoms with Gasteiger partial charge >= 0.3 is 0 Å². The van der Waals surface area contributed by atoms with Gasteiger partial charge in [-0.2, -0.15) is 0 Å². The molecule has 1 amide bonds. The van der Waals surface area contributed by atoms with Crippen LogP contribution in [0.25, 0.3) is 10.8 Å². The molecule has 2 aromatic carbocycles. The Hall–Kier alpha value is -1.55. The van der Waals surface area contributed by atoms with Crippen molar-refractivity contribution in [2.24, 2.45) is 5.92 Å². The number of benzene rings is 2. The van der Waals surface area contributed by atoms with Gasteiger partial charge in [0.1, 0.15) is 0 Å². The minimum atomic E-state index is 0.00460. The Labute approximate surface area is 134 Å². The third-order valence-electron chi connectivity index (χ3n) is 3.72. The van der Waals surface area contributed by atoms with E-state index in [2.05, 4.69) is 28.2 Å². The van der Waals surface area contributed by atoms with Crippen molar-refractivity contribution in [2.45, 2.75) is 33.1 Å². The smallest absolute Gasteiger partial charge is 0.227 e. The Morgan fingerprint density at radius 1 is 1.33 bits per heavy atom. The van der Waals surface area contributed by atoms with E-state index in [1.807, 2.05) is 37.3 Å². The fourth-order valence-corrected chi connectivity index (χ4v) is 2.71. The van der Waals surface area contributed by atoms with E-state index >= 15 is 0 Å². The van der Waals surface area contributed by atoms with Gasteiger partial charge in [-0.1, -0.05) is 54.8 Å². The molecule has 0 fully saturated rings. The molecule has 3 N–H and O–H groups in total. The SMILES string of the molecule is CCCCC(C)C(=O)Nc1ccc2cc(Br)ccc2c1N. The fourth-order valence-electron chi connectivity index (χ4n) is 2.33. The highest BCUT2D eigenvalue weighted by atomic mass is 79.9. The predicted molar refractivity (Wildman–Crippen MR) is 93.4 cm³/mol. The van der Waals surface area contributed by atoms with E-state index in [0.717, 1.165) is 34.5 Å². The molecular weight excluding hydrogens is 328 g/mol. The lowest BCUT2D eigenvalue weighted by Crippen LogP contribution is -2.21. The molecule has 0 spiro atoms. The number of carbonyl (C=O) groups is 1. The van der Waals surface area contributed by atoms with Crippen LogP contribution in [0.15, 0.2) is 34.8 Å². The van der Waals surface area contributed by atoms with Crippen LogP contribution in [0, 0.1) is 5.92 Å². The van der Waals surface area contributed by atoms with E-state index in [1.54, 1.807) is 0 Å². The number of nitrogens with two attached hydrogens (primary N) is 1. The van der Waals surface area contributed by atoms with Crippen LogP contribution < -0.4 is 11.1 Å². The number of nitrogen functional groups attached to an aromatic ring is 1. The first-order chi connectivity index (χ1) is 10.0. The van der Waals surface area contributed by atoms with Gasteiger partial charge in [-0.25, -0.2) is 0 Å². The molecule has 2 aromatic rings. The van der Waals surface area contributed by atoms with Gasteiger partial charge in [0, 0.05) is 15.8 Å². The molecule has 0 heterocycles. The Morgan fingerprint density at radius 3 is 2.81 bits per heavy atom. The third kappa shape index (κ3) is 3.76. The Kier molecular flexibility index (Phi) is 5.23. The number of hydrogen-bond donors (Lipinski definition) is 2. The number of unbranched alkanes of at least 4 members (excludes halogenated alkanes) is 1. The molecule has 3 nitrogen and oxygen atoms in total. The first-order valence-corrected chi connectivity index (χ1v) is 8.10. The molecule has 0 aliphatic carbocycles. The Balaban J connectivity index is 2.21. The number of anilines is 2. The van der Waals surface area contributed by atoms with Crippen molar-refractivity contribution in [1.29, 1.82) is 0 Å². The zero-order chi connectivity index (χ0) is 15.4. The molecule has 1 atom stereocenters. The van der Waals surface area contributed by atoms with Crippen molar-refractivity contribution in [1.82, 2.24) is 0 Å². The summed E-state index contributed by atoms with van der Waals surface area (Å²) < 4.78 is 1.01. The molecule has 112 valence electrons. The first kappa shape index (κ1) is 15.8. The normalized spacial score (nSPS) is 12.3. The van der Waals surface area contributed by atoms with Crippen LogP contribution in [0.4, 0.5) is 11.4 Å². The van der Waals surface area contributed by atoms with Crippen molar-refractivity contribution in [3.63, 3.8) is 0 Å². The molecule has 21 heavy (non-hydrogen) atoms. The molecule has 0 radical (unpaired) electrons. The maximum atomic E-state index is 12.2. The van der Waals surface area contributed by atoms with Gasteiger partial charge in [0.25, 0.3) is 0 Å². The summed E-state index contributed by atoms with van der Waals surface area (Å²) in [6.45, 7) is 4.09. The summed E-state index contributed by atoms with van der Waals surface area (Å²) in [5.41, 5.74) is 7.50. The lowest BCUT2D eigenvalue weighted by molar-refractivity contribution is -0.119. The highest BCUT2D eigenvalue weighted by Gasteiger charge is 2.14. The first-order valence-electron chi connectivity index (χ1n) is 7.31. The molecule has 0 saturated carbocycles. The average molecular weight is 349 g/mol. The highest BCUT2D eigenvalue weighted by molar-refractivity contribution is 9.10. The summed E-state index contributed by atoms with van der Waals surface area (Å²) >= 11 is 3.45. The molecule has 1 unspecified atom stereocenters. The standard InChI is InChI=1S/C17H21BrN2O/c1-3-4-5-11(2)17(21)20-15-9-6-12-10-13(18)7-8-14(12)16(15)19/h6-11H,3-5,19H2,1-2H3,(H,20,21). The van der Waals surface area contributed by atoms with Crippen LogP contribution >= 0.6 is 15.9 Å². The van der Waals surface area contributed by atoms with Crippen molar-refractivity contribution in [3.05, 3.63) is 34.8 Å². The van der Waals surface area contributed by atoms with Crippen molar-refractivity contribution in [2.75, 3.05) is 11.1 Å². The van der Waals surface area contributed by atoms with E-state index in [-0.39, 0.29) is 11.8 Å². The van der Waals surface area contributed by atoms with Crippen LogP contribution in [-0.4, -0.2) is 5.91 Å². The van der Waals surface area contributed by atoms with E-state index in [1.165, 1.54) is 0 Å². The van der Waals surface area contributed by atoms with Crippen LogP contribution in [0.1, 0.15) is 33.1 Å². The molecule has 0 aromatic heterocycles. The van der Waals surface area contributed by atoms with Gasteiger partial charge < -0.3 is 11.1 Å². The average Bonchev–Trinajstić information content (AvgIpc) is 2.47. The van der Waals surface area contributed by atoms with Crippen LogP contribution in [0.2, 0.25) is 0 Å². The molecule has 4 heteroatoms. The number of rotatable bonds is 5. The minimum absolute atomic E-state index is 0.00460. The number of nitrogens with one attached hydrogen (secondary N) is 1. The van der Waals surface area contributed by atoms with Crippen LogP contribution in [-0.2, 0) is 4.79 Å². The maximum absolute atomic E-state index is 12.2. The quantitative estimate of drug-likeness (QED) is 0.751. The van der Waals surface area contributed by atoms with Gasteiger partial charge in [0.05, 0.1) is 11.4 Å². The second kappa shape index (κ2) is 6.94. The largest absolute Gasteiger partial charge is 0.397 e. The summed E-state index contributed by atoms with van der Waals surface area (Å²) in [7, 11) is 0. The number of hydrogen-bond acceptors (Lipinski definition) is 2. The highest BCUT2D eigenvalue weighted by Crippen LogP contribution is 2.31. The van der Waals surface area contributed by atoms with Gasteiger partial charge in [0.2, 0.25) is 5.91 Å². The summed E-state index contributed by atoms with van der Waals surface area (Å²) in [5, 5.41) is 4.96. The Morgan fingerprint density at radius 2 is 2.10 bits per heavy atom. The lowest BCUT2D eigenvalue weighted by Gasteiger charge is -2.14. The second-order valence-corrected chi connectivity index (χ2v) is 6.34. The topological polar surface area (TPSA) is 55.1 Å². The van der Waals surface area contributed by atoms with Gasteiger partial charge in [0.15, 0.2) is 0 Å². The molecule has 2 rings (SSSR count). The number of amides is 1. The van der Waals surface area contributed by atoms with Crippen molar-refractivity contribution >= 4 is 44.0 Å². The van der Waals surface area contributed by atoms with Crippen LogP contribution in [0.5, 0.6) is 0 Å². The van der Waals surface area contributed by atoms with Gasteiger partial charge in [-0.15, -0.1) is 0 Å². The van der Waals surface area contributed by atoms with Crippen molar-refractivity contribution < 1.29 is 4.79 Å². The predicted octanol–water partition coefficient (Wildman–Crippen LogP) is 4.95. The number of carbonyl (C=O) groups excluding carboxylic acids is 1. The summed E-state index contributed by atoms with van der Waals surface area (Å²) in [6.07, 6.45) is 3.07. The summed E-state index contributed by atoms with van der Waals surface area (Å²) in [5.74, 6) is 0.0385. The number of fused-ring (bicyclic) bond motifs is 1. The third-order valence-corrected chi connectivity index (χ3v) is 4.21. The molecule has 0 saturated heterocycles. The maximum Gasteiger partial charge on any atom is 0.227 e. The van der Waals surface area contributed by atoms with E-state index in [9.17, 15) is 4.79 Å². The monoisotopic (exact) mass is 348 g/mol.